The maximum absolute atomic E-state index is 13.1. The second kappa shape index (κ2) is 9.58. The number of imide groups is 1. The number of rotatable bonds is 6. The van der Waals surface area contributed by atoms with E-state index in [0.717, 1.165) is 5.56 Å². The van der Waals surface area contributed by atoms with Crippen LogP contribution in [0.5, 0.6) is 0 Å². The molecule has 1 aliphatic heterocycles. The lowest BCUT2D eigenvalue weighted by Gasteiger charge is -2.26. The van der Waals surface area contributed by atoms with Crippen molar-refractivity contribution in [3.05, 3.63) is 51.7 Å². The molecule has 0 unspecified atom stereocenters. The van der Waals surface area contributed by atoms with Crippen LogP contribution in [0.1, 0.15) is 34.6 Å². The summed E-state index contributed by atoms with van der Waals surface area (Å²) in [5.74, 6) is -1.66. The lowest BCUT2D eigenvalue weighted by atomic mass is 10.1. The van der Waals surface area contributed by atoms with Gasteiger partial charge in [-0.1, -0.05) is 6.07 Å². The van der Waals surface area contributed by atoms with Crippen LogP contribution >= 0.6 is 11.3 Å². The SMILES string of the molecule is CCNC(=O)NC(=O)[C@H](C)OC(=O)c1cccc(S(=O)(=O)N2CCc3sccc3C2)c1. The van der Waals surface area contributed by atoms with Gasteiger partial charge < -0.3 is 10.1 Å². The number of carbonyl (C=O) groups is 3. The zero-order valence-electron chi connectivity index (χ0n) is 17.1. The molecule has 1 atom stereocenters. The molecule has 0 radical (unpaired) electrons. The number of hydrogen-bond acceptors (Lipinski definition) is 7. The highest BCUT2D eigenvalue weighted by atomic mass is 32.2. The monoisotopic (exact) mass is 465 g/mol. The van der Waals surface area contributed by atoms with Crippen molar-refractivity contribution in [1.29, 1.82) is 0 Å². The number of carbonyl (C=O) groups excluding carboxylic acids is 3. The number of nitrogens with zero attached hydrogens (tertiary/aromatic N) is 1. The van der Waals surface area contributed by atoms with Gasteiger partial charge in [0.2, 0.25) is 10.0 Å². The van der Waals surface area contributed by atoms with E-state index in [2.05, 4.69) is 10.6 Å². The molecule has 1 aromatic carbocycles. The van der Waals surface area contributed by atoms with E-state index in [4.69, 9.17) is 4.74 Å². The standard InChI is InChI=1S/C20H23N3O6S2/c1-3-21-20(26)22-18(24)13(2)29-19(25)14-5-4-6-16(11-14)31(27,28)23-9-7-17-15(12-23)8-10-30-17/h4-6,8,10-11,13H,3,7,9,12H2,1-2H3,(H2,21,22,24,26)/t13-/m0/s1. The molecule has 3 amide bonds. The number of hydrogen-bond donors (Lipinski definition) is 2. The van der Waals surface area contributed by atoms with E-state index >= 15 is 0 Å². The minimum atomic E-state index is -3.81. The Bertz CT molecular complexity index is 1100. The van der Waals surface area contributed by atoms with E-state index in [1.165, 1.54) is 40.4 Å². The van der Waals surface area contributed by atoms with E-state index in [9.17, 15) is 22.8 Å². The summed E-state index contributed by atoms with van der Waals surface area (Å²) in [6.45, 7) is 3.99. The van der Waals surface area contributed by atoms with Crippen molar-refractivity contribution in [3.63, 3.8) is 0 Å². The first-order valence-electron chi connectivity index (χ1n) is 9.67. The van der Waals surface area contributed by atoms with Gasteiger partial charge in [0.25, 0.3) is 5.91 Å². The summed E-state index contributed by atoms with van der Waals surface area (Å²) >= 11 is 1.61. The Morgan fingerprint density at radius 1 is 1.26 bits per heavy atom. The van der Waals surface area contributed by atoms with Crippen molar-refractivity contribution in [2.45, 2.75) is 37.8 Å². The Morgan fingerprint density at radius 2 is 2.03 bits per heavy atom. The van der Waals surface area contributed by atoms with Gasteiger partial charge in [-0.2, -0.15) is 4.31 Å². The van der Waals surface area contributed by atoms with Gasteiger partial charge in [0.15, 0.2) is 6.10 Å². The molecule has 9 nitrogen and oxygen atoms in total. The lowest BCUT2D eigenvalue weighted by molar-refractivity contribution is -0.127. The quantitative estimate of drug-likeness (QED) is 0.629. The molecule has 11 heteroatoms. The Balaban J connectivity index is 1.70. The fraction of sp³-hybridized carbons (Fsp3) is 0.350. The number of amides is 3. The minimum Gasteiger partial charge on any atom is -0.449 e. The predicted molar refractivity (Wildman–Crippen MR) is 114 cm³/mol. The number of thiophene rings is 1. The predicted octanol–water partition coefficient (Wildman–Crippen LogP) is 1.89. The summed E-state index contributed by atoms with van der Waals surface area (Å²) in [4.78, 5) is 37.0. The molecule has 2 N–H and O–H groups in total. The Kier molecular flexibility index (Phi) is 7.08. The second-order valence-electron chi connectivity index (χ2n) is 6.88. The van der Waals surface area contributed by atoms with Crippen molar-refractivity contribution < 1.29 is 27.5 Å². The summed E-state index contributed by atoms with van der Waals surface area (Å²) in [5.41, 5.74) is 0.981. The molecule has 0 fully saturated rings. The minimum absolute atomic E-state index is 0.00744. The summed E-state index contributed by atoms with van der Waals surface area (Å²) in [6, 6.07) is 6.73. The van der Waals surface area contributed by atoms with E-state index in [1.54, 1.807) is 18.3 Å². The third kappa shape index (κ3) is 5.30. The van der Waals surface area contributed by atoms with E-state index < -0.39 is 34.0 Å². The van der Waals surface area contributed by atoms with Crippen molar-refractivity contribution in [3.8, 4) is 0 Å². The van der Waals surface area contributed by atoms with Crippen LogP contribution < -0.4 is 10.6 Å². The first-order chi connectivity index (χ1) is 14.7. The van der Waals surface area contributed by atoms with Gasteiger partial charge in [0.1, 0.15) is 0 Å². The average molecular weight is 466 g/mol. The molecule has 2 aromatic rings. The van der Waals surface area contributed by atoms with Crippen LogP contribution in [0, 0.1) is 0 Å². The van der Waals surface area contributed by atoms with Crippen LogP contribution in [-0.2, 0) is 32.5 Å². The van der Waals surface area contributed by atoms with Crippen LogP contribution in [0.2, 0.25) is 0 Å². The van der Waals surface area contributed by atoms with E-state index in [-0.39, 0.29) is 17.0 Å². The molecule has 0 spiro atoms. The number of ether oxygens (including phenoxy) is 1. The smallest absolute Gasteiger partial charge is 0.338 e. The molecular formula is C20H23N3O6S2. The molecule has 0 saturated heterocycles. The average Bonchev–Trinajstić information content (AvgIpc) is 3.21. The van der Waals surface area contributed by atoms with Crippen molar-refractivity contribution in [1.82, 2.24) is 14.9 Å². The van der Waals surface area contributed by atoms with Crippen molar-refractivity contribution >= 4 is 39.3 Å². The molecule has 0 aliphatic carbocycles. The maximum atomic E-state index is 13.1. The zero-order chi connectivity index (χ0) is 22.6. The van der Waals surface area contributed by atoms with Gasteiger partial charge in [0, 0.05) is 24.5 Å². The Hall–Kier alpha value is -2.76. The molecule has 3 rings (SSSR count). The molecule has 1 aromatic heterocycles. The fourth-order valence-electron chi connectivity index (χ4n) is 3.06. The topological polar surface area (TPSA) is 122 Å². The summed E-state index contributed by atoms with van der Waals surface area (Å²) in [7, 11) is -3.81. The van der Waals surface area contributed by atoms with Crippen LogP contribution in [0.15, 0.2) is 40.6 Å². The van der Waals surface area contributed by atoms with Crippen LogP contribution in [0.25, 0.3) is 0 Å². The number of esters is 1. The van der Waals surface area contributed by atoms with Gasteiger partial charge in [0.05, 0.1) is 10.5 Å². The van der Waals surface area contributed by atoms with E-state index in [1.807, 2.05) is 11.4 Å². The number of sulfonamides is 1. The number of nitrogens with one attached hydrogen (secondary N) is 2. The fourth-order valence-corrected chi connectivity index (χ4v) is 5.42. The largest absolute Gasteiger partial charge is 0.449 e. The molecule has 0 bridgehead atoms. The van der Waals surface area contributed by atoms with Crippen molar-refractivity contribution in [2.24, 2.45) is 0 Å². The molecular weight excluding hydrogens is 442 g/mol. The van der Waals surface area contributed by atoms with Gasteiger partial charge in [-0.15, -0.1) is 11.3 Å². The lowest BCUT2D eigenvalue weighted by Crippen LogP contribution is -2.44. The van der Waals surface area contributed by atoms with Crippen LogP contribution in [0.3, 0.4) is 0 Å². The first-order valence-corrected chi connectivity index (χ1v) is 12.0. The van der Waals surface area contributed by atoms with Gasteiger partial charge in [-0.05, 0) is 55.5 Å². The Labute approximate surface area is 184 Å². The summed E-state index contributed by atoms with van der Waals surface area (Å²) < 4.78 is 32.6. The summed E-state index contributed by atoms with van der Waals surface area (Å²) in [6.07, 6.45) is -0.596. The maximum Gasteiger partial charge on any atom is 0.338 e. The normalized spacial score (nSPS) is 14.9. The molecule has 1 aliphatic rings. The zero-order valence-corrected chi connectivity index (χ0v) is 18.7. The second-order valence-corrected chi connectivity index (χ2v) is 9.82. The highest BCUT2D eigenvalue weighted by molar-refractivity contribution is 7.89. The van der Waals surface area contributed by atoms with E-state index in [0.29, 0.717) is 19.5 Å². The highest BCUT2D eigenvalue weighted by Crippen LogP contribution is 2.28. The molecule has 166 valence electrons. The Morgan fingerprint density at radius 3 is 2.77 bits per heavy atom. The first kappa shape index (κ1) is 22.9. The third-order valence-electron chi connectivity index (χ3n) is 4.71. The van der Waals surface area contributed by atoms with Crippen molar-refractivity contribution in [2.75, 3.05) is 13.1 Å². The highest BCUT2D eigenvalue weighted by Gasteiger charge is 2.30. The van der Waals surface area contributed by atoms with Gasteiger partial charge in [-0.3, -0.25) is 10.1 Å². The number of benzene rings is 1. The number of fused-ring (bicyclic) bond motifs is 1. The van der Waals surface area contributed by atoms with Gasteiger partial charge >= 0.3 is 12.0 Å². The van der Waals surface area contributed by atoms with Gasteiger partial charge in [-0.25, -0.2) is 18.0 Å². The van der Waals surface area contributed by atoms with Crippen LogP contribution in [-0.4, -0.2) is 49.8 Å². The van der Waals surface area contributed by atoms with Crippen LogP contribution in [0.4, 0.5) is 4.79 Å². The molecule has 31 heavy (non-hydrogen) atoms. The summed E-state index contributed by atoms with van der Waals surface area (Å²) in [5, 5.41) is 6.39. The third-order valence-corrected chi connectivity index (χ3v) is 7.57. The molecule has 2 heterocycles. The molecule has 0 saturated carbocycles. The number of urea groups is 1.